The van der Waals surface area contributed by atoms with Gasteiger partial charge in [0.05, 0.1) is 18.6 Å². The van der Waals surface area contributed by atoms with Crippen LogP contribution in [0.1, 0.15) is 31.2 Å². The average Bonchev–Trinajstić information content (AvgIpc) is 3.24. The van der Waals surface area contributed by atoms with Gasteiger partial charge in [-0.15, -0.1) is 0 Å². The largest absolute Gasteiger partial charge is 0.496 e. The maximum absolute atomic E-state index is 11.1. The van der Waals surface area contributed by atoms with Crippen molar-refractivity contribution in [2.75, 3.05) is 33.4 Å². The van der Waals surface area contributed by atoms with Crippen molar-refractivity contribution < 1.29 is 14.8 Å². The number of nitrogens with zero attached hydrogens (tertiary/aromatic N) is 3. The van der Waals surface area contributed by atoms with E-state index in [2.05, 4.69) is 9.80 Å². The van der Waals surface area contributed by atoms with Gasteiger partial charge < -0.3 is 9.84 Å². The van der Waals surface area contributed by atoms with Crippen molar-refractivity contribution in [3.63, 3.8) is 0 Å². The van der Waals surface area contributed by atoms with Crippen LogP contribution >= 0.6 is 0 Å². The quantitative estimate of drug-likeness (QED) is 0.599. The molecule has 2 unspecified atom stereocenters. The van der Waals surface area contributed by atoms with E-state index in [-0.39, 0.29) is 23.3 Å². The van der Waals surface area contributed by atoms with E-state index in [0.29, 0.717) is 18.3 Å². The van der Waals surface area contributed by atoms with Crippen molar-refractivity contribution in [3.8, 4) is 5.75 Å². The molecule has 0 aliphatic carbocycles. The third-order valence-corrected chi connectivity index (χ3v) is 5.50. The lowest BCUT2D eigenvalue weighted by Crippen LogP contribution is -2.43. The Bertz CT molecular complexity index is 610. The summed E-state index contributed by atoms with van der Waals surface area (Å²) < 4.78 is 5.40. The van der Waals surface area contributed by atoms with Crippen LogP contribution in [0.2, 0.25) is 0 Å². The predicted octanol–water partition coefficient (Wildman–Crippen LogP) is 2.02. The highest BCUT2D eigenvalue weighted by molar-refractivity contribution is 5.43. The molecule has 2 saturated heterocycles. The number of hydrogen-bond acceptors (Lipinski definition) is 6. The highest BCUT2D eigenvalue weighted by Gasteiger charge is 2.31. The highest BCUT2D eigenvalue weighted by Crippen LogP contribution is 2.29. The Morgan fingerprint density at radius 2 is 1.96 bits per heavy atom. The van der Waals surface area contributed by atoms with Crippen molar-refractivity contribution in [2.45, 2.75) is 44.3 Å². The predicted molar refractivity (Wildman–Crippen MR) is 94.8 cm³/mol. The van der Waals surface area contributed by atoms with Gasteiger partial charge in [-0.25, -0.2) is 0 Å². The molecule has 1 N–H and O–H groups in total. The Morgan fingerprint density at radius 3 is 2.64 bits per heavy atom. The lowest BCUT2D eigenvalue weighted by Gasteiger charge is -2.31. The number of rotatable bonds is 7. The van der Waals surface area contributed by atoms with E-state index in [1.165, 1.54) is 6.07 Å². The van der Waals surface area contributed by atoms with Gasteiger partial charge in [0.1, 0.15) is 5.75 Å². The van der Waals surface area contributed by atoms with Crippen LogP contribution in [0.3, 0.4) is 0 Å². The van der Waals surface area contributed by atoms with Gasteiger partial charge >= 0.3 is 0 Å². The van der Waals surface area contributed by atoms with E-state index < -0.39 is 0 Å². The molecule has 0 spiro atoms. The van der Waals surface area contributed by atoms with Crippen molar-refractivity contribution >= 4 is 5.69 Å². The number of nitro groups is 1. The molecule has 0 saturated carbocycles. The molecule has 0 bridgehead atoms. The number of benzene rings is 1. The van der Waals surface area contributed by atoms with Crippen molar-refractivity contribution in [3.05, 3.63) is 33.9 Å². The van der Waals surface area contributed by atoms with Gasteiger partial charge in [0.2, 0.25) is 0 Å². The highest BCUT2D eigenvalue weighted by atomic mass is 16.6. The summed E-state index contributed by atoms with van der Waals surface area (Å²) in [6.07, 6.45) is 4.49. The normalized spacial score (nSPS) is 24.7. The first kappa shape index (κ1) is 18.1. The van der Waals surface area contributed by atoms with E-state index in [9.17, 15) is 15.2 Å². The molecule has 2 aliphatic heterocycles. The first-order valence-electron chi connectivity index (χ1n) is 9.02. The summed E-state index contributed by atoms with van der Waals surface area (Å²) in [5.74, 6) is 0.700. The van der Waals surface area contributed by atoms with Gasteiger partial charge in [-0.1, -0.05) is 0 Å². The van der Waals surface area contributed by atoms with Crippen LogP contribution in [0.15, 0.2) is 18.2 Å². The minimum Gasteiger partial charge on any atom is -0.496 e. The monoisotopic (exact) mass is 349 g/mol. The number of hydrogen-bond donors (Lipinski definition) is 1. The second kappa shape index (κ2) is 8.12. The van der Waals surface area contributed by atoms with E-state index in [0.717, 1.165) is 50.9 Å². The molecule has 2 fully saturated rings. The smallest absolute Gasteiger partial charge is 0.270 e. The second-order valence-electron chi connectivity index (χ2n) is 6.99. The third kappa shape index (κ3) is 4.11. The number of likely N-dealkylation sites (tertiary alicyclic amines) is 2. The molecule has 0 radical (unpaired) electrons. The van der Waals surface area contributed by atoms with Crippen LogP contribution in [0, 0.1) is 10.1 Å². The number of aliphatic hydroxyl groups is 1. The van der Waals surface area contributed by atoms with Gasteiger partial charge in [-0.2, -0.15) is 0 Å². The number of non-ortho nitro benzene ring substituents is 1. The van der Waals surface area contributed by atoms with Crippen LogP contribution in [-0.4, -0.2) is 65.3 Å². The van der Waals surface area contributed by atoms with Crippen molar-refractivity contribution in [2.24, 2.45) is 0 Å². The molecule has 3 rings (SSSR count). The van der Waals surface area contributed by atoms with E-state index in [4.69, 9.17) is 4.74 Å². The van der Waals surface area contributed by atoms with E-state index in [1.54, 1.807) is 19.2 Å². The van der Waals surface area contributed by atoms with Crippen LogP contribution in [0.25, 0.3) is 0 Å². The Morgan fingerprint density at radius 1 is 1.24 bits per heavy atom. The molecule has 7 heteroatoms. The van der Waals surface area contributed by atoms with Gasteiger partial charge in [0.15, 0.2) is 0 Å². The molecule has 1 aromatic carbocycles. The summed E-state index contributed by atoms with van der Waals surface area (Å²) >= 11 is 0. The summed E-state index contributed by atoms with van der Waals surface area (Å²) in [6.45, 7) is 3.89. The zero-order chi connectivity index (χ0) is 17.8. The fraction of sp³-hybridized carbons (Fsp3) is 0.667. The summed E-state index contributed by atoms with van der Waals surface area (Å²) in [5.41, 5.74) is 0.968. The zero-order valence-electron chi connectivity index (χ0n) is 14.8. The standard InChI is InChI=1S/C18H27N3O4/c1-25-18-7-6-15(21(23)24)10-14(18)11-19-8-2-4-16(19)12-20-9-3-5-17(20)13-22/h6-7,10,16-17,22H,2-5,8-9,11-13H2,1H3. The van der Waals surface area contributed by atoms with E-state index in [1.807, 2.05) is 0 Å². The minimum absolute atomic E-state index is 0.103. The fourth-order valence-corrected chi connectivity index (χ4v) is 4.14. The molecule has 0 aromatic heterocycles. The molecule has 2 aliphatic rings. The van der Waals surface area contributed by atoms with Crippen molar-refractivity contribution in [1.29, 1.82) is 0 Å². The van der Waals surface area contributed by atoms with Crippen molar-refractivity contribution in [1.82, 2.24) is 9.80 Å². The fourth-order valence-electron chi connectivity index (χ4n) is 4.14. The molecule has 2 heterocycles. The number of methoxy groups -OCH3 is 1. The Labute approximate surface area is 148 Å². The van der Waals surface area contributed by atoms with Gasteiger partial charge in [-0.05, 0) is 44.8 Å². The Hall–Kier alpha value is -1.70. The SMILES string of the molecule is COc1ccc([N+](=O)[O-])cc1CN1CCCC1CN1CCCC1CO. The average molecular weight is 349 g/mol. The Balaban J connectivity index is 1.71. The molecule has 25 heavy (non-hydrogen) atoms. The van der Waals surface area contributed by atoms with Crippen LogP contribution in [-0.2, 0) is 6.54 Å². The molecular formula is C18H27N3O4. The molecular weight excluding hydrogens is 322 g/mol. The summed E-state index contributed by atoms with van der Waals surface area (Å²) in [6, 6.07) is 5.51. The van der Waals surface area contributed by atoms with E-state index >= 15 is 0 Å². The van der Waals surface area contributed by atoms with Gasteiger partial charge in [0.25, 0.3) is 5.69 Å². The maximum atomic E-state index is 11.1. The zero-order valence-corrected chi connectivity index (χ0v) is 14.8. The van der Waals surface area contributed by atoms with Crippen LogP contribution in [0.4, 0.5) is 5.69 Å². The molecule has 7 nitrogen and oxygen atoms in total. The number of ether oxygens (including phenoxy) is 1. The minimum atomic E-state index is -0.361. The maximum Gasteiger partial charge on any atom is 0.270 e. The number of nitro benzene ring substituents is 1. The first-order chi connectivity index (χ1) is 12.1. The summed E-state index contributed by atoms with van der Waals surface area (Å²) in [5, 5.41) is 20.6. The molecule has 0 amide bonds. The van der Waals surface area contributed by atoms with Gasteiger partial charge in [-0.3, -0.25) is 19.9 Å². The number of aliphatic hydroxyl groups excluding tert-OH is 1. The first-order valence-corrected chi connectivity index (χ1v) is 9.02. The summed E-state index contributed by atoms with van der Waals surface area (Å²) in [7, 11) is 1.60. The lowest BCUT2D eigenvalue weighted by atomic mass is 10.1. The third-order valence-electron chi connectivity index (χ3n) is 5.50. The topological polar surface area (TPSA) is 79.1 Å². The molecule has 2 atom stereocenters. The summed E-state index contributed by atoms with van der Waals surface area (Å²) in [4.78, 5) is 15.5. The lowest BCUT2D eigenvalue weighted by molar-refractivity contribution is -0.385. The molecule has 138 valence electrons. The Kier molecular flexibility index (Phi) is 5.88. The van der Waals surface area contributed by atoms with Crippen LogP contribution in [0.5, 0.6) is 5.75 Å². The second-order valence-corrected chi connectivity index (χ2v) is 6.99. The molecule has 1 aromatic rings. The van der Waals surface area contributed by atoms with Crippen LogP contribution < -0.4 is 4.74 Å². The van der Waals surface area contributed by atoms with Gasteiger partial charge in [0, 0.05) is 42.9 Å².